The molecule has 3 rings (SSSR count). The van der Waals surface area contributed by atoms with Gasteiger partial charge in [-0.3, -0.25) is 0 Å². The van der Waals surface area contributed by atoms with Crippen LogP contribution < -0.4 is 10.6 Å². The third kappa shape index (κ3) is 2.38. The Kier molecular flexibility index (Phi) is 3.79. The van der Waals surface area contributed by atoms with Crippen molar-refractivity contribution in [3.63, 3.8) is 0 Å². The summed E-state index contributed by atoms with van der Waals surface area (Å²) in [6.45, 7) is 4.11. The highest BCUT2D eigenvalue weighted by Gasteiger charge is 2.34. The third-order valence-electron chi connectivity index (χ3n) is 5.07. The van der Waals surface area contributed by atoms with Crippen molar-refractivity contribution in [3.8, 4) is 0 Å². The van der Waals surface area contributed by atoms with Gasteiger partial charge in [0.1, 0.15) is 0 Å². The minimum Gasteiger partial charge on any atom is -0.368 e. The fourth-order valence-electron chi connectivity index (χ4n) is 4.20. The predicted molar refractivity (Wildman–Crippen MR) is 81.4 cm³/mol. The molecular formula is C17H26N2. The lowest BCUT2D eigenvalue weighted by molar-refractivity contribution is 0.430. The van der Waals surface area contributed by atoms with Crippen molar-refractivity contribution >= 4 is 5.69 Å². The van der Waals surface area contributed by atoms with Crippen LogP contribution in [0.3, 0.4) is 0 Å². The molecule has 19 heavy (non-hydrogen) atoms. The molecule has 2 heteroatoms. The summed E-state index contributed by atoms with van der Waals surface area (Å²) in [5, 5.41) is 0. The highest BCUT2D eigenvalue weighted by Crippen LogP contribution is 2.39. The maximum atomic E-state index is 5.96. The van der Waals surface area contributed by atoms with Gasteiger partial charge in [0.05, 0.1) is 0 Å². The Bertz CT molecular complexity index is 435. The molecule has 0 spiro atoms. The SMILES string of the molecule is Cc1cccc(CN)c1N1CCCC1C1CCCC1. The molecule has 0 aromatic heterocycles. The van der Waals surface area contributed by atoms with Crippen LogP contribution in [0.5, 0.6) is 0 Å². The minimum absolute atomic E-state index is 0.658. The molecule has 1 saturated heterocycles. The molecule has 2 fully saturated rings. The van der Waals surface area contributed by atoms with Gasteiger partial charge >= 0.3 is 0 Å². The van der Waals surface area contributed by atoms with Crippen LogP contribution in [-0.4, -0.2) is 12.6 Å². The Morgan fingerprint density at radius 3 is 2.68 bits per heavy atom. The number of benzene rings is 1. The second-order valence-electron chi connectivity index (χ2n) is 6.23. The summed E-state index contributed by atoms with van der Waals surface area (Å²) in [5.74, 6) is 0.924. The molecule has 1 atom stereocenters. The summed E-state index contributed by atoms with van der Waals surface area (Å²) in [5.41, 5.74) is 10.1. The van der Waals surface area contributed by atoms with Crippen molar-refractivity contribution < 1.29 is 0 Å². The van der Waals surface area contributed by atoms with E-state index in [-0.39, 0.29) is 0 Å². The fraction of sp³-hybridized carbons (Fsp3) is 0.647. The van der Waals surface area contributed by atoms with E-state index >= 15 is 0 Å². The van der Waals surface area contributed by atoms with E-state index in [2.05, 4.69) is 30.0 Å². The van der Waals surface area contributed by atoms with Crippen LogP contribution in [0.25, 0.3) is 0 Å². The molecule has 1 saturated carbocycles. The number of aryl methyl sites for hydroxylation is 1. The van der Waals surface area contributed by atoms with Gasteiger partial charge in [0.25, 0.3) is 0 Å². The summed E-state index contributed by atoms with van der Waals surface area (Å²) in [6, 6.07) is 7.35. The highest BCUT2D eigenvalue weighted by molar-refractivity contribution is 5.60. The second kappa shape index (κ2) is 5.54. The molecule has 1 unspecified atom stereocenters. The molecule has 1 aromatic rings. The molecule has 1 aromatic carbocycles. The van der Waals surface area contributed by atoms with Gasteiger partial charge in [0.15, 0.2) is 0 Å². The molecule has 1 aliphatic heterocycles. The van der Waals surface area contributed by atoms with Crippen LogP contribution in [0.4, 0.5) is 5.69 Å². The lowest BCUT2D eigenvalue weighted by Crippen LogP contribution is -2.36. The minimum atomic E-state index is 0.658. The highest BCUT2D eigenvalue weighted by atomic mass is 15.2. The Balaban J connectivity index is 1.91. The first-order valence-corrected chi connectivity index (χ1v) is 7.86. The predicted octanol–water partition coefficient (Wildman–Crippen LogP) is 3.61. The Hall–Kier alpha value is -1.02. The number of hydrogen-bond donors (Lipinski definition) is 1. The van der Waals surface area contributed by atoms with Gasteiger partial charge in [-0.05, 0) is 49.7 Å². The van der Waals surface area contributed by atoms with E-state index in [1.807, 2.05) is 0 Å². The van der Waals surface area contributed by atoms with Crippen molar-refractivity contribution in [1.29, 1.82) is 0 Å². The van der Waals surface area contributed by atoms with E-state index in [1.54, 1.807) is 0 Å². The molecule has 0 amide bonds. The van der Waals surface area contributed by atoms with Crippen LogP contribution in [-0.2, 0) is 6.54 Å². The lowest BCUT2D eigenvalue weighted by Gasteiger charge is -2.34. The molecule has 2 aliphatic rings. The van der Waals surface area contributed by atoms with Crippen LogP contribution in [0.2, 0.25) is 0 Å². The van der Waals surface area contributed by atoms with Crippen molar-refractivity contribution in [3.05, 3.63) is 29.3 Å². The van der Waals surface area contributed by atoms with Gasteiger partial charge in [-0.2, -0.15) is 0 Å². The first kappa shape index (κ1) is 13.0. The molecule has 0 bridgehead atoms. The number of anilines is 1. The van der Waals surface area contributed by atoms with Crippen LogP contribution >= 0.6 is 0 Å². The number of rotatable bonds is 3. The summed E-state index contributed by atoms with van der Waals surface area (Å²) >= 11 is 0. The topological polar surface area (TPSA) is 29.3 Å². The zero-order valence-electron chi connectivity index (χ0n) is 12.1. The van der Waals surface area contributed by atoms with E-state index in [4.69, 9.17) is 5.73 Å². The number of nitrogens with two attached hydrogens (primary N) is 1. The first-order chi connectivity index (χ1) is 9.31. The average Bonchev–Trinajstić information content (AvgIpc) is 3.08. The fourth-order valence-corrected chi connectivity index (χ4v) is 4.20. The third-order valence-corrected chi connectivity index (χ3v) is 5.07. The van der Waals surface area contributed by atoms with E-state index in [9.17, 15) is 0 Å². The van der Waals surface area contributed by atoms with Gasteiger partial charge in [-0.1, -0.05) is 31.0 Å². The molecule has 1 heterocycles. The molecule has 2 nitrogen and oxygen atoms in total. The van der Waals surface area contributed by atoms with Crippen molar-refractivity contribution in [2.45, 2.75) is 58.0 Å². The maximum Gasteiger partial charge on any atom is 0.0444 e. The molecule has 0 radical (unpaired) electrons. The van der Waals surface area contributed by atoms with Crippen LogP contribution in [0.1, 0.15) is 49.7 Å². The Labute approximate surface area is 117 Å². The van der Waals surface area contributed by atoms with Crippen molar-refractivity contribution in [2.75, 3.05) is 11.4 Å². The van der Waals surface area contributed by atoms with Crippen molar-refractivity contribution in [2.24, 2.45) is 11.7 Å². The van der Waals surface area contributed by atoms with Crippen LogP contribution in [0, 0.1) is 12.8 Å². The molecule has 2 N–H and O–H groups in total. The monoisotopic (exact) mass is 258 g/mol. The molecular weight excluding hydrogens is 232 g/mol. The second-order valence-corrected chi connectivity index (χ2v) is 6.23. The van der Waals surface area contributed by atoms with E-state index in [0.717, 1.165) is 12.0 Å². The molecule has 1 aliphatic carbocycles. The average molecular weight is 258 g/mol. The Morgan fingerprint density at radius 1 is 1.16 bits per heavy atom. The normalized spacial score (nSPS) is 24.3. The largest absolute Gasteiger partial charge is 0.368 e. The first-order valence-electron chi connectivity index (χ1n) is 7.86. The zero-order valence-corrected chi connectivity index (χ0v) is 12.1. The van der Waals surface area contributed by atoms with Crippen molar-refractivity contribution in [1.82, 2.24) is 0 Å². The van der Waals surface area contributed by atoms with E-state index in [1.165, 1.54) is 61.9 Å². The summed E-state index contributed by atoms with van der Waals surface area (Å²) < 4.78 is 0. The summed E-state index contributed by atoms with van der Waals surface area (Å²) in [4.78, 5) is 2.69. The number of para-hydroxylation sites is 1. The van der Waals surface area contributed by atoms with Crippen LogP contribution in [0.15, 0.2) is 18.2 Å². The number of nitrogens with zero attached hydrogens (tertiary/aromatic N) is 1. The van der Waals surface area contributed by atoms with E-state index < -0.39 is 0 Å². The standard InChI is InChI=1S/C17H26N2/c1-13-6-4-9-15(12-18)17(13)19-11-5-10-16(19)14-7-2-3-8-14/h4,6,9,14,16H,2-3,5,7-8,10-12,18H2,1H3. The van der Waals surface area contributed by atoms with Gasteiger partial charge in [-0.15, -0.1) is 0 Å². The maximum absolute atomic E-state index is 5.96. The smallest absolute Gasteiger partial charge is 0.0444 e. The number of hydrogen-bond acceptors (Lipinski definition) is 2. The summed E-state index contributed by atoms with van der Waals surface area (Å²) in [7, 11) is 0. The summed E-state index contributed by atoms with van der Waals surface area (Å²) in [6.07, 6.45) is 8.47. The van der Waals surface area contributed by atoms with Gasteiger partial charge in [-0.25, -0.2) is 0 Å². The Morgan fingerprint density at radius 2 is 1.95 bits per heavy atom. The quantitative estimate of drug-likeness (QED) is 0.897. The van der Waals surface area contributed by atoms with Gasteiger partial charge < -0.3 is 10.6 Å². The lowest BCUT2D eigenvalue weighted by atomic mass is 9.94. The van der Waals surface area contributed by atoms with E-state index in [0.29, 0.717) is 6.54 Å². The van der Waals surface area contributed by atoms with Gasteiger partial charge in [0.2, 0.25) is 0 Å². The zero-order chi connectivity index (χ0) is 13.2. The molecule has 104 valence electrons. The van der Waals surface area contributed by atoms with Gasteiger partial charge in [0, 0.05) is 24.8 Å².